The van der Waals surface area contributed by atoms with Gasteiger partial charge in [0, 0.05) is 34.2 Å². The number of hydrogen-bond acceptors (Lipinski definition) is 4. The topological polar surface area (TPSA) is 62.6 Å². The lowest BCUT2D eigenvalue weighted by Crippen LogP contribution is -2.38. The molecule has 4 aromatic rings. The van der Waals surface area contributed by atoms with Gasteiger partial charge >= 0.3 is 0 Å². The molecule has 0 spiro atoms. The van der Waals surface area contributed by atoms with E-state index in [0.29, 0.717) is 0 Å². The van der Waals surface area contributed by atoms with Crippen molar-refractivity contribution in [2.24, 2.45) is 0 Å². The zero-order chi connectivity index (χ0) is 20.9. The fourth-order valence-electron chi connectivity index (χ4n) is 4.44. The standard InChI is InChI=1S/C23H25BrN6/c1-23(2,3)30-22(26-27-28-30)21(15-8-10-16(24)11-9-15)29-13-12-18-17-6-4-5-7-19(17)25-20(18)14-29/h4-11,21,25H,12-14H2,1-3H3. The summed E-state index contributed by atoms with van der Waals surface area (Å²) in [6.07, 6.45) is 1.00. The maximum absolute atomic E-state index is 4.49. The summed E-state index contributed by atoms with van der Waals surface area (Å²) in [6, 6.07) is 17.1. The molecule has 0 amide bonds. The summed E-state index contributed by atoms with van der Waals surface area (Å²) in [5.41, 5.74) is 4.93. The van der Waals surface area contributed by atoms with Crippen LogP contribution in [0.5, 0.6) is 0 Å². The zero-order valence-corrected chi connectivity index (χ0v) is 19.0. The summed E-state index contributed by atoms with van der Waals surface area (Å²) >= 11 is 3.56. The van der Waals surface area contributed by atoms with E-state index in [4.69, 9.17) is 0 Å². The number of nitrogens with one attached hydrogen (secondary N) is 1. The molecule has 30 heavy (non-hydrogen) atoms. The van der Waals surface area contributed by atoms with Crippen LogP contribution >= 0.6 is 15.9 Å². The number of benzene rings is 2. The number of fused-ring (bicyclic) bond motifs is 3. The molecule has 154 valence electrons. The number of para-hydroxylation sites is 1. The van der Waals surface area contributed by atoms with Gasteiger partial charge in [0.2, 0.25) is 0 Å². The Balaban J connectivity index is 1.59. The summed E-state index contributed by atoms with van der Waals surface area (Å²) in [5.74, 6) is 0.879. The Labute approximate surface area is 184 Å². The molecule has 6 nitrogen and oxygen atoms in total. The molecule has 0 saturated carbocycles. The van der Waals surface area contributed by atoms with Gasteiger partial charge in [-0.15, -0.1) is 5.10 Å². The van der Waals surface area contributed by atoms with E-state index in [1.165, 1.54) is 27.7 Å². The molecule has 0 radical (unpaired) electrons. The number of H-pyrrole nitrogens is 1. The van der Waals surface area contributed by atoms with E-state index in [2.05, 4.69) is 111 Å². The van der Waals surface area contributed by atoms with Crippen LogP contribution in [0.4, 0.5) is 0 Å². The van der Waals surface area contributed by atoms with Gasteiger partial charge in [-0.25, -0.2) is 4.68 Å². The molecule has 1 atom stereocenters. The number of nitrogens with zero attached hydrogens (tertiary/aromatic N) is 5. The molecule has 0 aliphatic carbocycles. The van der Waals surface area contributed by atoms with Crippen molar-refractivity contribution in [3.8, 4) is 0 Å². The molecule has 2 aromatic heterocycles. The highest BCUT2D eigenvalue weighted by Gasteiger charge is 2.34. The highest BCUT2D eigenvalue weighted by molar-refractivity contribution is 9.10. The number of aromatic nitrogens is 5. The number of hydrogen-bond donors (Lipinski definition) is 1. The van der Waals surface area contributed by atoms with E-state index in [1.54, 1.807) is 0 Å². The molecule has 0 bridgehead atoms. The second kappa shape index (κ2) is 7.32. The van der Waals surface area contributed by atoms with Crippen LogP contribution in [0.1, 0.15) is 49.5 Å². The van der Waals surface area contributed by atoms with Crippen LogP contribution in [0.2, 0.25) is 0 Å². The Morgan fingerprint density at radius 3 is 2.60 bits per heavy atom. The molecule has 7 heteroatoms. The van der Waals surface area contributed by atoms with Crippen molar-refractivity contribution in [3.63, 3.8) is 0 Å². The number of tetrazole rings is 1. The number of rotatable bonds is 3. The first-order valence-electron chi connectivity index (χ1n) is 10.3. The Morgan fingerprint density at radius 1 is 1.07 bits per heavy atom. The van der Waals surface area contributed by atoms with Crippen molar-refractivity contribution in [3.05, 3.63) is 75.6 Å². The predicted molar refractivity (Wildman–Crippen MR) is 121 cm³/mol. The van der Waals surface area contributed by atoms with Gasteiger partial charge in [-0.1, -0.05) is 46.3 Å². The second-order valence-corrected chi connectivity index (χ2v) is 9.84. The van der Waals surface area contributed by atoms with Gasteiger partial charge in [0.1, 0.15) is 0 Å². The normalized spacial score (nSPS) is 16.0. The molecular weight excluding hydrogens is 440 g/mol. The summed E-state index contributed by atoms with van der Waals surface area (Å²) < 4.78 is 3.03. The third-order valence-electron chi connectivity index (χ3n) is 5.84. The van der Waals surface area contributed by atoms with Gasteiger partial charge in [-0.05, 0) is 66.9 Å². The second-order valence-electron chi connectivity index (χ2n) is 8.92. The fourth-order valence-corrected chi connectivity index (χ4v) is 4.71. The lowest BCUT2D eigenvalue weighted by molar-refractivity contribution is 0.184. The van der Waals surface area contributed by atoms with Gasteiger partial charge < -0.3 is 4.98 Å². The first-order valence-corrected chi connectivity index (χ1v) is 11.1. The summed E-state index contributed by atoms with van der Waals surface area (Å²) in [6.45, 7) is 8.20. The third kappa shape index (κ3) is 3.36. The Kier molecular flexibility index (Phi) is 4.75. The average Bonchev–Trinajstić information content (AvgIpc) is 3.34. The molecular formula is C23H25BrN6. The van der Waals surface area contributed by atoms with E-state index in [1.807, 2.05) is 4.68 Å². The van der Waals surface area contributed by atoms with E-state index in [0.717, 1.165) is 29.8 Å². The van der Waals surface area contributed by atoms with E-state index in [9.17, 15) is 0 Å². The molecule has 1 N–H and O–H groups in total. The van der Waals surface area contributed by atoms with Gasteiger partial charge in [0.05, 0.1) is 11.6 Å². The Bertz CT molecular complexity index is 1180. The van der Waals surface area contributed by atoms with Crippen LogP contribution in [0, 0.1) is 0 Å². The van der Waals surface area contributed by atoms with Crippen molar-refractivity contribution < 1.29 is 0 Å². The monoisotopic (exact) mass is 464 g/mol. The molecule has 0 saturated heterocycles. The smallest absolute Gasteiger partial charge is 0.173 e. The van der Waals surface area contributed by atoms with Gasteiger partial charge in [0.15, 0.2) is 5.82 Å². The van der Waals surface area contributed by atoms with Crippen LogP contribution in [-0.4, -0.2) is 36.6 Å². The SMILES string of the molecule is CC(C)(C)n1nnnc1C(c1ccc(Br)cc1)N1CCc2c([nH]c3ccccc23)C1. The van der Waals surface area contributed by atoms with Crippen LogP contribution < -0.4 is 0 Å². The molecule has 1 unspecified atom stereocenters. The minimum Gasteiger partial charge on any atom is -0.357 e. The lowest BCUT2D eigenvalue weighted by Gasteiger charge is -2.35. The Hall–Kier alpha value is -2.51. The molecule has 1 aliphatic rings. The fraction of sp³-hybridized carbons (Fsp3) is 0.348. The van der Waals surface area contributed by atoms with E-state index in [-0.39, 0.29) is 11.6 Å². The van der Waals surface area contributed by atoms with Crippen molar-refractivity contribution in [1.29, 1.82) is 0 Å². The lowest BCUT2D eigenvalue weighted by atomic mass is 9.97. The van der Waals surface area contributed by atoms with Gasteiger partial charge in [-0.2, -0.15) is 0 Å². The van der Waals surface area contributed by atoms with Crippen molar-refractivity contribution in [1.82, 2.24) is 30.1 Å². The van der Waals surface area contributed by atoms with Crippen molar-refractivity contribution in [2.45, 2.75) is 45.3 Å². The molecule has 2 aromatic carbocycles. The van der Waals surface area contributed by atoms with Gasteiger partial charge in [-0.3, -0.25) is 4.90 Å². The third-order valence-corrected chi connectivity index (χ3v) is 6.37. The van der Waals surface area contributed by atoms with Crippen LogP contribution in [-0.2, 0) is 18.5 Å². The minimum absolute atomic E-state index is 0.0214. The first-order chi connectivity index (χ1) is 14.4. The van der Waals surface area contributed by atoms with Gasteiger partial charge in [0.25, 0.3) is 0 Å². The van der Waals surface area contributed by atoms with Crippen LogP contribution in [0.25, 0.3) is 10.9 Å². The maximum Gasteiger partial charge on any atom is 0.173 e. The van der Waals surface area contributed by atoms with Crippen molar-refractivity contribution >= 4 is 26.8 Å². The quantitative estimate of drug-likeness (QED) is 0.471. The number of aromatic amines is 1. The largest absolute Gasteiger partial charge is 0.357 e. The summed E-state index contributed by atoms with van der Waals surface area (Å²) in [5, 5.41) is 14.2. The molecule has 5 rings (SSSR count). The number of halogens is 1. The zero-order valence-electron chi connectivity index (χ0n) is 17.4. The Morgan fingerprint density at radius 2 is 1.83 bits per heavy atom. The average molecular weight is 465 g/mol. The van der Waals surface area contributed by atoms with Crippen LogP contribution in [0.15, 0.2) is 53.0 Å². The molecule has 3 heterocycles. The predicted octanol–water partition coefficient (Wildman–Crippen LogP) is 4.82. The molecule has 0 fully saturated rings. The minimum atomic E-state index is -0.200. The highest BCUT2D eigenvalue weighted by Crippen LogP contribution is 2.35. The van der Waals surface area contributed by atoms with E-state index < -0.39 is 0 Å². The van der Waals surface area contributed by atoms with E-state index >= 15 is 0 Å². The molecule has 1 aliphatic heterocycles. The first kappa shape index (κ1) is 19.5. The summed E-state index contributed by atoms with van der Waals surface area (Å²) in [7, 11) is 0. The van der Waals surface area contributed by atoms with Crippen LogP contribution in [0.3, 0.4) is 0 Å². The maximum atomic E-state index is 4.49. The van der Waals surface area contributed by atoms with Crippen molar-refractivity contribution in [2.75, 3.05) is 6.54 Å². The summed E-state index contributed by atoms with van der Waals surface area (Å²) in [4.78, 5) is 6.13. The highest BCUT2D eigenvalue weighted by atomic mass is 79.9.